The minimum Gasteiger partial charge on any atom is -0.492 e. The number of hydrogen-bond acceptors (Lipinski definition) is 4. The Hall–Kier alpha value is -2.27. The van der Waals surface area contributed by atoms with Crippen LogP contribution in [0.2, 0.25) is 5.02 Å². The number of nitrogens with zero attached hydrogens (tertiary/aromatic N) is 1. The fourth-order valence-corrected chi connectivity index (χ4v) is 2.39. The molecule has 0 atom stereocenters. The van der Waals surface area contributed by atoms with E-state index in [2.05, 4.69) is 26.1 Å². The molecule has 6 heteroatoms. The number of rotatable bonds is 6. The van der Waals surface area contributed by atoms with Gasteiger partial charge in [0.2, 0.25) is 0 Å². The van der Waals surface area contributed by atoms with Crippen molar-refractivity contribution in [1.29, 1.82) is 0 Å². The Morgan fingerprint density at radius 2 is 1.83 bits per heavy atom. The quantitative estimate of drug-likeness (QED) is 0.451. The molecule has 1 N–H and O–H groups in total. The summed E-state index contributed by atoms with van der Waals surface area (Å²) in [5, 5.41) is 14.4. The van der Waals surface area contributed by atoms with Gasteiger partial charge in [-0.15, -0.1) is 0 Å². The highest BCUT2D eigenvalue weighted by atomic mass is 35.5. The number of benzene rings is 2. The largest absolute Gasteiger partial charge is 0.492 e. The summed E-state index contributed by atoms with van der Waals surface area (Å²) in [6.07, 6.45) is 0. The molecule has 5 nitrogen and oxygen atoms in total. The van der Waals surface area contributed by atoms with E-state index < -0.39 is 4.92 Å². The molecule has 0 bridgehead atoms. The molecule has 0 aliphatic rings. The lowest BCUT2D eigenvalue weighted by molar-refractivity contribution is -0.384. The second-order valence-corrected chi connectivity index (χ2v) is 6.90. The number of halogens is 1. The third kappa shape index (κ3) is 4.86. The Morgan fingerprint density at radius 1 is 1.17 bits per heavy atom. The summed E-state index contributed by atoms with van der Waals surface area (Å²) in [6, 6.07) is 12.4. The zero-order chi connectivity index (χ0) is 17.7. The van der Waals surface area contributed by atoms with Gasteiger partial charge in [0.15, 0.2) is 0 Å². The minimum absolute atomic E-state index is 0.00562. The number of ether oxygens (including phenoxy) is 1. The monoisotopic (exact) mass is 348 g/mol. The second kappa shape index (κ2) is 7.53. The fraction of sp³-hybridized carbons (Fsp3) is 0.333. The predicted octanol–water partition coefficient (Wildman–Crippen LogP) is 5.04. The van der Waals surface area contributed by atoms with Crippen molar-refractivity contribution in [3.8, 4) is 5.75 Å². The van der Waals surface area contributed by atoms with Crippen LogP contribution >= 0.6 is 11.6 Å². The van der Waals surface area contributed by atoms with E-state index in [4.69, 9.17) is 16.3 Å². The van der Waals surface area contributed by atoms with Gasteiger partial charge in [0.1, 0.15) is 18.0 Å². The molecule has 0 saturated heterocycles. The Bertz CT molecular complexity index is 709. The maximum atomic E-state index is 11.0. The molecule has 0 saturated carbocycles. The molecule has 0 spiro atoms. The van der Waals surface area contributed by atoms with Gasteiger partial charge >= 0.3 is 0 Å². The van der Waals surface area contributed by atoms with E-state index in [-0.39, 0.29) is 11.1 Å². The van der Waals surface area contributed by atoms with Crippen LogP contribution in [0.25, 0.3) is 0 Å². The van der Waals surface area contributed by atoms with Gasteiger partial charge in [-0.05, 0) is 35.2 Å². The smallest absolute Gasteiger partial charge is 0.292 e. The van der Waals surface area contributed by atoms with E-state index in [9.17, 15) is 10.1 Å². The Balaban J connectivity index is 1.89. The van der Waals surface area contributed by atoms with Crippen molar-refractivity contribution in [2.75, 3.05) is 18.5 Å². The molecule has 2 aromatic carbocycles. The van der Waals surface area contributed by atoms with Crippen molar-refractivity contribution in [2.45, 2.75) is 26.2 Å². The highest BCUT2D eigenvalue weighted by Crippen LogP contribution is 2.27. The Labute approximate surface area is 146 Å². The molecule has 2 rings (SSSR count). The number of hydrogen-bond donors (Lipinski definition) is 1. The molecule has 24 heavy (non-hydrogen) atoms. The van der Waals surface area contributed by atoms with Crippen LogP contribution in [0.15, 0.2) is 42.5 Å². The van der Waals surface area contributed by atoms with Gasteiger partial charge in [-0.2, -0.15) is 0 Å². The maximum absolute atomic E-state index is 11.0. The zero-order valence-electron chi connectivity index (χ0n) is 14.0. The summed E-state index contributed by atoms with van der Waals surface area (Å²) in [6.45, 7) is 7.29. The summed E-state index contributed by atoms with van der Waals surface area (Å²) in [7, 11) is 0. The van der Waals surface area contributed by atoms with Gasteiger partial charge in [-0.25, -0.2) is 0 Å². The van der Waals surface area contributed by atoms with Crippen molar-refractivity contribution < 1.29 is 9.66 Å². The second-order valence-electron chi connectivity index (χ2n) is 6.47. The van der Waals surface area contributed by atoms with Crippen LogP contribution in [0.5, 0.6) is 5.75 Å². The lowest BCUT2D eigenvalue weighted by atomic mass is 9.87. The first-order valence-electron chi connectivity index (χ1n) is 7.68. The van der Waals surface area contributed by atoms with Gasteiger partial charge in [-0.1, -0.05) is 44.5 Å². The highest BCUT2D eigenvalue weighted by Gasteiger charge is 2.14. The Kier molecular flexibility index (Phi) is 5.67. The molecule has 0 aliphatic carbocycles. The predicted molar refractivity (Wildman–Crippen MR) is 97.2 cm³/mol. The molecule has 2 aromatic rings. The summed E-state index contributed by atoms with van der Waals surface area (Å²) < 4.78 is 5.66. The number of nitrogens with one attached hydrogen (secondary N) is 1. The van der Waals surface area contributed by atoms with Crippen molar-refractivity contribution in [1.82, 2.24) is 0 Å². The van der Waals surface area contributed by atoms with Gasteiger partial charge in [0, 0.05) is 17.6 Å². The molecule has 0 unspecified atom stereocenters. The summed E-state index contributed by atoms with van der Waals surface area (Å²) >= 11 is 5.89. The standard InChI is InChI=1S/C18H21ClN2O3/c1-18(2,3)13-4-7-15(8-5-13)24-11-10-20-16-12-14(19)6-9-17(16)21(22)23/h4-9,12,20H,10-11H2,1-3H3. The van der Waals surface area contributed by atoms with Crippen LogP contribution in [-0.4, -0.2) is 18.1 Å². The molecule has 0 radical (unpaired) electrons. The van der Waals surface area contributed by atoms with E-state index in [0.717, 1.165) is 5.75 Å². The average Bonchev–Trinajstić information content (AvgIpc) is 2.51. The SMILES string of the molecule is CC(C)(C)c1ccc(OCCNc2cc(Cl)ccc2[N+](=O)[O-])cc1. The van der Waals surface area contributed by atoms with Crippen LogP contribution in [-0.2, 0) is 5.41 Å². The van der Waals surface area contributed by atoms with Crippen molar-refractivity contribution >= 4 is 23.0 Å². The van der Waals surface area contributed by atoms with E-state index in [0.29, 0.717) is 23.9 Å². The van der Waals surface area contributed by atoms with Crippen molar-refractivity contribution in [3.05, 3.63) is 63.2 Å². The molecule has 0 fully saturated rings. The molecule has 0 heterocycles. The first-order valence-corrected chi connectivity index (χ1v) is 8.06. The lowest BCUT2D eigenvalue weighted by Gasteiger charge is -2.19. The molecule has 0 aliphatic heterocycles. The van der Waals surface area contributed by atoms with Gasteiger partial charge in [0.05, 0.1) is 4.92 Å². The summed E-state index contributed by atoms with van der Waals surface area (Å²) in [4.78, 5) is 10.6. The van der Waals surface area contributed by atoms with Gasteiger partial charge in [0.25, 0.3) is 5.69 Å². The molecule has 0 aromatic heterocycles. The molecular formula is C18H21ClN2O3. The van der Waals surface area contributed by atoms with Gasteiger partial charge in [-0.3, -0.25) is 10.1 Å². The van der Waals surface area contributed by atoms with E-state index in [1.54, 1.807) is 0 Å². The summed E-state index contributed by atoms with van der Waals surface area (Å²) in [5.41, 5.74) is 1.72. The van der Waals surface area contributed by atoms with Crippen LogP contribution in [0.4, 0.5) is 11.4 Å². The third-order valence-corrected chi connectivity index (χ3v) is 3.80. The van der Waals surface area contributed by atoms with Crippen LogP contribution < -0.4 is 10.1 Å². The van der Waals surface area contributed by atoms with E-state index >= 15 is 0 Å². The van der Waals surface area contributed by atoms with E-state index in [1.807, 2.05) is 24.3 Å². The average molecular weight is 349 g/mol. The van der Waals surface area contributed by atoms with Crippen LogP contribution in [0.3, 0.4) is 0 Å². The fourth-order valence-electron chi connectivity index (χ4n) is 2.21. The number of nitro benzene ring substituents is 1. The van der Waals surface area contributed by atoms with Crippen molar-refractivity contribution in [3.63, 3.8) is 0 Å². The first kappa shape index (κ1) is 18.1. The highest BCUT2D eigenvalue weighted by molar-refractivity contribution is 6.31. The molecule has 128 valence electrons. The zero-order valence-corrected chi connectivity index (χ0v) is 14.8. The number of nitro groups is 1. The normalized spacial score (nSPS) is 11.2. The third-order valence-electron chi connectivity index (χ3n) is 3.56. The van der Waals surface area contributed by atoms with Crippen LogP contribution in [0.1, 0.15) is 26.3 Å². The van der Waals surface area contributed by atoms with Crippen LogP contribution in [0, 0.1) is 10.1 Å². The van der Waals surface area contributed by atoms with E-state index in [1.165, 1.54) is 23.8 Å². The first-order chi connectivity index (χ1) is 11.3. The number of anilines is 1. The minimum atomic E-state index is -0.440. The summed E-state index contributed by atoms with van der Waals surface area (Å²) in [5.74, 6) is 0.769. The Morgan fingerprint density at radius 3 is 2.42 bits per heavy atom. The topological polar surface area (TPSA) is 64.4 Å². The molecule has 0 amide bonds. The maximum Gasteiger partial charge on any atom is 0.292 e. The lowest BCUT2D eigenvalue weighted by Crippen LogP contribution is -2.13. The van der Waals surface area contributed by atoms with Crippen molar-refractivity contribution in [2.24, 2.45) is 0 Å². The molecular weight excluding hydrogens is 328 g/mol. The van der Waals surface area contributed by atoms with Gasteiger partial charge < -0.3 is 10.1 Å².